The molecule has 0 amide bonds. The molecule has 0 aromatic carbocycles. The molecule has 0 N–H and O–H groups in total. The van der Waals surface area contributed by atoms with Crippen LogP contribution in [0.25, 0.3) is 0 Å². The minimum Gasteiger partial charge on any atom is -0.328 e. The maximum atomic E-state index is 11.9. The van der Waals surface area contributed by atoms with E-state index in [-0.39, 0.29) is 5.78 Å². The first-order valence-corrected chi connectivity index (χ1v) is 5.25. The Balaban J connectivity index is 2.95. The van der Waals surface area contributed by atoms with Crippen molar-refractivity contribution < 1.29 is 4.79 Å². The molecule has 0 fully saturated rings. The van der Waals surface area contributed by atoms with Gasteiger partial charge in [0.25, 0.3) is 0 Å². The second kappa shape index (κ2) is 4.91. The van der Waals surface area contributed by atoms with Crippen molar-refractivity contribution in [1.29, 1.82) is 0 Å². The molecule has 0 saturated heterocycles. The van der Waals surface area contributed by atoms with Gasteiger partial charge in [-0.25, -0.2) is 4.98 Å². The number of imidazole rings is 1. The standard InChI is InChI=1S/C12H18N2O/c1-5-6-14-8-13-10(4)12(14)11(15)7-9(2)3/h8H,2,5-7H2,1,3-4H3. The summed E-state index contributed by atoms with van der Waals surface area (Å²) in [6.45, 7) is 10.4. The third-order valence-corrected chi connectivity index (χ3v) is 2.21. The van der Waals surface area contributed by atoms with Crippen LogP contribution in [0.1, 0.15) is 42.9 Å². The quantitative estimate of drug-likeness (QED) is 0.548. The number of aromatic nitrogens is 2. The number of carbonyl (C=O) groups is 1. The molecule has 0 aliphatic carbocycles. The highest BCUT2D eigenvalue weighted by atomic mass is 16.1. The lowest BCUT2D eigenvalue weighted by molar-refractivity contribution is 0.0983. The van der Waals surface area contributed by atoms with E-state index in [2.05, 4.69) is 18.5 Å². The molecule has 0 bridgehead atoms. The van der Waals surface area contributed by atoms with Gasteiger partial charge in [-0.3, -0.25) is 4.79 Å². The molecule has 0 saturated carbocycles. The van der Waals surface area contributed by atoms with Crippen molar-refractivity contribution in [3.8, 4) is 0 Å². The fraction of sp³-hybridized carbons (Fsp3) is 0.500. The molecule has 0 unspecified atom stereocenters. The Bertz CT molecular complexity index is 377. The lowest BCUT2D eigenvalue weighted by atomic mass is 10.1. The van der Waals surface area contributed by atoms with E-state index in [0.717, 1.165) is 29.9 Å². The molecule has 1 rings (SSSR count). The van der Waals surface area contributed by atoms with Gasteiger partial charge in [-0.2, -0.15) is 0 Å². The van der Waals surface area contributed by atoms with Gasteiger partial charge in [-0.15, -0.1) is 0 Å². The molecule has 1 aromatic rings. The van der Waals surface area contributed by atoms with Crippen molar-refractivity contribution in [1.82, 2.24) is 9.55 Å². The number of rotatable bonds is 5. The zero-order valence-corrected chi connectivity index (χ0v) is 9.71. The van der Waals surface area contributed by atoms with Crippen molar-refractivity contribution in [2.45, 2.75) is 40.2 Å². The summed E-state index contributed by atoms with van der Waals surface area (Å²) in [5, 5.41) is 0. The zero-order valence-electron chi connectivity index (χ0n) is 9.71. The summed E-state index contributed by atoms with van der Waals surface area (Å²) in [6, 6.07) is 0. The lowest BCUT2D eigenvalue weighted by Gasteiger charge is -2.06. The summed E-state index contributed by atoms with van der Waals surface area (Å²) >= 11 is 0. The average molecular weight is 206 g/mol. The van der Waals surface area contributed by atoms with E-state index >= 15 is 0 Å². The Hall–Kier alpha value is -1.38. The van der Waals surface area contributed by atoms with Crippen LogP contribution < -0.4 is 0 Å². The number of ketones is 1. The first-order chi connectivity index (χ1) is 7.06. The molecule has 15 heavy (non-hydrogen) atoms. The maximum Gasteiger partial charge on any atom is 0.185 e. The number of carbonyl (C=O) groups excluding carboxylic acids is 1. The molecular formula is C12H18N2O. The predicted octanol–water partition coefficient (Wildman–Crippen LogP) is 2.75. The summed E-state index contributed by atoms with van der Waals surface area (Å²) in [5.41, 5.74) is 2.44. The number of allylic oxidation sites excluding steroid dienone is 1. The Kier molecular flexibility index (Phi) is 3.83. The number of hydrogen-bond donors (Lipinski definition) is 0. The fourth-order valence-electron chi connectivity index (χ4n) is 1.61. The van der Waals surface area contributed by atoms with Gasteiger partial charge >= 0.3 is 0 Å². The van der Waals surface area contributed by atoms with Gasteiger partial charge in [0.05, 0.1) is 12.0 Å². The first-order valence-electron chi connectivity index (χ1n) is 5.25. The molecule has 0 radical (unpaired) electrons. The van der Waals surface area contributed by atoms with E-state index in [1.165, 1.54) is 0 Å². The Morgan fingerprint density at radius 2 is 2.27 bits per heavy atom. The molecule has 0 aliphatic heterocycles. The van der Waals surface area contributed by atoms with Crippen molar-refractivity contribution in [2.24, 2.45) is 0 Å². The van der Waals surface area contributed by atoms with Gasteiger partial charge in [0, 0.05) is 13.0 Å². The Morgan fingerprint density at radius 1 is 1.60 bits per heavy atom. The zero-order chi connectivity index (χ0) is 11.4. The molecule has 3 nitrogen and oxygen atoms in total. The summed E-state index contributed by atoms with van der Waals surface area (Å²) < 4.78 is 1.93. The first kappa shape index (κ1) is 11.7. The second-order valence-electron chi connectivity index (χ2n) is 3.93. The van der Waals surface area contributed by atoms with Gasteiger partial charge < -0.3 is 4.57 Å². The molecule has 3 heteroatoms. The highest BCUT2D eigenvalue weighted by Gasteiger charge is 2.15. The molecular weight excluding hydrogens is 188 g/mol. The van der Waals surface area contributed by atoms with Crippen molar-refractivity contribution in [3.05, 3.63) is 29.9 Å². The summed E-state index contributed by atoms with van der Waals surface area (Å²) in [5.74, 6) is 0.117. The van der Waals surface area contributed by atoms with Gasteiger partial charge in [0.15, 0.2) is 5.78 Å². The van der Waals surface area contributed by atoms with Crippen molar-refractivity contribution >= 4 is 5.78 Å². The summed E-state index contributed by atoms with van der Waals surface area (Å²) in [6.07, 6.45) is 3.16. The highest BCUT2D eigenvalue weighted by molar-refractivity contribution is 5.96. The van der Waals surface area contributed by atoms with Gasteiger partial charge in [-0.05, 0) is 20.3 Å². The van der Waals surface area contributed by atoms with Crippen LogP contribution >= 0.6 is 0 Å². The third kappa shape index (κ3) is 2.78. The van der Waals surface area contributed by atoms with Crippen LogP contribution in [0.15, 0.2) is 18.5 Å². The maximum absolute atomic E-state index is 11.9. The van der Waals surface area contributed by atoms with Gasteiger partial charge in [0.1, 0.15) is 5.69 Å². The highest BCUT2D eigenvalue weighted by Crippen LogP contribution is 2.12. The van der Waals surface area contributed by atoms with Gasteiger partial charge in [0.2, 0.25) is 0 Å². The van der Waals surface area contributed by atoms with E-state index in [9.17, 15) is 4.79 Å². The van der Waals surface area contributed by atoms with Gasteiger partial charge in [-0.1, -0.05) is 19.1 Å². The van der Waals surface area contributed by atoms with Crippen LogP contribution in [0.2, 0.25) is 0 Å². The average Bonchev–Trinajstić information content (AvgIpc) is 2.46. The number of aryl methyl sites for hydroxylation is 2. The molecule has 0 aliphatic rings. The van der Waals surface area contributed by atoms with Crippen LogP contribution in [0.4, 0.5) is 0 Å². The molecule has 0 spiro atoms. The van der Waals surface area contributed by atoms with Crippen LogP contribution in [0.3, 0.4) is 0 Å². The monoisotopic (exact) mass is 206 g/mol. The molecule has 0 atom stereocenters. The van der Waals surface area contributed by atoms with E-state index in [4.69, 9.17) is 0 Å². The number of hydrogen-bond acceptors (Lipinski definition) is 2. The minimum atomic E-state index is 0.117. The van der Waals surface area contributed by atoms with E-state index in [0.29, 0.717) is 6.42 Å². The topological polar surface area (TPSA) is 34.9 Å². The third-order valence-electron chi connectivity index (χ3n) is 2.21. The number of Topliss-reactive ketones (excluding diaryl/α,β-unsaturated/α-hetero) is 1. The largest absolute Gasteiger partial charge is 0.328 e. The lowest BCUT2D eigenvalue weighted by Crippen LogP contribution is -2.10. The molecule has 1 aromatic heterocycles. The van der Waals surface area contributed by atoms with E-state index in [1.807, 2.05) is 18.4 Å². The number of nitrogens with zero attached hydrogens (tertiary/aromatic N) is 2. The van der Waals surface area contributed by atoms with Crippen LogP contribution in [0.5, 0.6) is 0 Å². The Morgan fingerprint density at radius 3 is 2.80 bits per heavy atom. The summed E-state index contributed by atoms with van der Waals surface area (Å²) in [7, 11) is 0. The van der Waals surface area contributed by atoms with Crippen LogP contribution in [-0.2, 0) is 6.54 Å². The molecule has 1 heterocycles. The fourth-order valence-corrected chi connectivity index (χ4v) is 1.61. The SMILES string of the molecule is C=C(C)CC(=O)c1c(C)ncn1CCC. The minimum absolute atomic E-state index is 0.117. The van der Waals surface area contributed by atoms with E-state index < -0.39 is 0 Å². The predicted molar refractivity (Wildman–Crippen MR) is 61.0 cm³/mol. The van der Waals surface area contributed by atoms with Crippen LogP contribution in [-0.4, -0.2) is 15.3 Å². The summed E-state index contributed by atoms with van der Waals surface area (Å²) in [4.78, 5) is 16.1. The van der Waals surface area contributed by atoms with E-state index in [1.54, 1.807) is 6.33 Å². The van der Waals surface area contributed by atoms with Crippen molar-refractivity contribution in [2.75, 3.05) is 0 Å². The normalized spacial score (nSPS) is 10.3. The van der Waals surface area contributed by atoms with Crippen molar-refractivity contribution in [3.63, 3.8) is 0 Å². The smallest absolute Gasteiger partial charge is 0.185 e. The Labute approximate surface area is 90.8 Å². The van der Waals surface area contributed by atoms with Crippen LogP contribution in [0, 0.1) is 6.92 Å². The second-order valence-corrected chi connectivity index (χ2v) is 3.93. The molecule has 82 valence electrons.